The maximum Gasteiger partial charge on any atom is 0.241 e. The number of hydrogen-bond acceptors (Lipinski definition) is 6. The summed E-state index contributed by atoms with van der Waals surface area (Å²) in [5.74, 6) is 3.72. The number of rotatable bonds is 4. The van der Waals surface area contributed by atoms with E-state index in [0.717, 1.165) is 55.9 Å². The smallest absolute Gasteiger partial charge is 0.241 e. The lowest BCUT2D eigenvalue weighted by atomic mass is 10.0. The summed E-state index contributed by atoms with van der Waals surface area (Å²) in [6, 6.07) is 7.69. The molecular formula is C16H20N4O2. The van der Waals surface area contributed by atoms with E-state index in [1.807, 2.05) is 24.3 Å². The molecular weight excluding hydrogens is 280 g/mol. The van der Waals surface area contributed by atoms with Gasteiger partial charge in [-0.3, -0.25) is 4.90 Å². The zero-order chi connectivity index (χ0) is 14.9. The number of nitrogens with zero attached hydrogens (tertiary/aromatic N) is 3. The van der Waals surface area contributed by atoms with Crippen LogP contribution in [-0.4, -0.2) is 48.3 Å². The van der Waals surface area contributed by atoms with Gasteiger partial charge in [0.1, 0.15) is 5.75 Å². The number of hydrogen-bond donors (Lipinski definition) is 1. The Labute approximate surface area is 129 Å². The van der Waals surface area contributed by atoms with E-state index in [1.165, 1.54) is 0 Å². The first-order chi connectivity index (χ1) is 10.8. The Kier molecular flexibility index (Phi) is 3.56. The predicted octanol–water partition coefficient (Wildman–Crippen LogP) is 1.40. The van der Waals surface area contributed by atoms with Gasteiger partial charge in [-0.2, -0.15) is 4.98 Å². The lowest BCUT2D eigenvalue weighted by Gasteiger charge is -2.13. The van der Waals surface area contributed by atoms with E-state index in [1.54, 1.807) is 7.11 Å². The summed E-state index contributed by atoms with van der Waals surface area (Å²) in [5.41, 5.74) is 0.943. The Morgan fingerprint density at radius 3 is 2.64 bits per heavy atom. The fourth-order valence-corrected chi connectivity index (χ4v) is 3.45. The van der Waals surface area contributed by atoms with Crippen LogP contribution in [0.5, 0.6) is 5.75 Å². The standard InChI is InChI=1S/C16H20N4O2/c1-21-14-4-2-11(3-5-14)16-18-15(22-19-16)10-20-8-12-6-17-7-13(12)9-20/h2-5,12-13,17H,6-10H2,1H3/t12-,13+. The first kappa shape index (κ1) is 13.7. The highest BCUT2D eigenvalue weighted by molar-refractivity contribution is 5.55. The van der Waals surface area contributed by atoms with Crippen LogP contribution in [0, 0.1) is 11.8 Å². The highest BCUT2D eigenvalue weighted by atomic mass is 16.5. The summed E-state index contributed by atoms with van der Waals surface area (Å²) in [6.45, 7) is 5.27. The van der Waals surface area contributed by atoms with Gasteiger partial charge in [-0.15, -0.1) is 0 Å². The number of aromatic nitrogens is 2. The van der Waals surface area contributed by atoms with Gasteiger partial charge in [0, 0.05) is 18.7 Å². The first-order valence-electron chi connectivity index (χ1n) is 7.72. The van der Waals surface area contributed by atoms with Gasteiger partial charge >= 0.3 is 0 Å². The molecule has 2 fully saturated rings. The molecule has 116 valence electrons. The van der Waals surface area contributed by atoms with Crippen molar-refractivity contribution >= 4 is 0 Å². The van der Waals surface area contributed by atoms with Gasteiger partial charge in [0.15, 0.2) is 0 Å². The van der Waals surface area contributed by atoms with Crippen molar-refractivity contribution in [1.29, 1.82) is 0 Å². The predicted molar refractivity (Wildman–Crippen MR) is 81.4 cm³/mol. The van der Waals surface area contributed by atoms with E-state index in [4.69, 9.17) is 9.26 Å². The lowest BCUT2D eigenvalue weighted by Crippen LogP contribution is -2.25. The minimum atomic E-state index is 0.638. The third-order valence-electron chi connectivity index (χ3n) is 4.64. The van der Waals surface area contributed by atoms with Crippen molar-refractivity contribution in [2.24, 2.45) is 11.8 Å². The van der Waals surface area contributed by atoms with Gasteiger partial charge in [-0.05, 0) is 49.2 Å². The fourth-order valence-electron chi connectivity index (χ4n) is 3.45. The maximum atomic E-state index is 5.41. The van der Waals surface area contributed by atoms with Crippen molar-refractivity contribution in [3.63, 3.8) is 0 Å². The Hall–Kier alpha value is -1.92. The molecule has 22 heavy (non-hydrogen) atoms. The van der Waals surface area contributed by atoms with Crippen LogP contribution in [0.25, 0.3) is 11.4 Å². The molecule has 2 saturated heterocycles. The van der Waals surface area contributed by atoms with Crippen molar-refractivity contribution in [2.45, 2.75) is 6.54 Å². The van der Waals surface area contributed by atoms with Crippen LogP contribution in [0.4, 0.5) is 0 Å². The van der Waals surface area contributed by atoms with Gasteiger partial charge < -0.3 is 14.6 Å². The van der Waals surface area contributed by atoms with E-state index in [9.17, 15) is 0 Å². The van der Waals surface area contributed by atoms with Crippen LogP contribution >= 0.6 is 0 Å². The first-order valence-corrected chi connectivity index (χ1v) is 7.72. The number of ether oxygens (including phenoxy) is 1. The second-order valence-corrected chi connectivity index (χ2v) is 6.11. The molecule has 2 aliphatic heterocycles. The van der Waals surface area contributed by atoms with Crippen LogP contribution in [0.1, 0.15) is 5.89 Å². The highest BCUT2D eigenvalue weighted by Crippen LogP contribution is 2.27. The number of likely N-dealkylation sites (tertiary alicyclic amines) is 1. The topological polar surface area (TPSA) is 63.4 Å². The van der Waals surface area contributed by atoms with Crippen LogP contribution in [-0.2, 0) is 6.54 Å². The van der Waals surface area contributed by atoms with E-state index >= 15 is 0 Å². The molecule has 2 aliphatic rings. The number of nitrogens with one attached hydrogen (secondary N) is 1. The summed E-state index contributed by atoms with van der Waals surface area (Å²) < 4.78 is 10.6. The van der Waals surface area contributed by atoms with Gasteiger partial charge in [-0.1, -0.05) is 5.16 Å². The summed E-state index contributed by atoms with van der Waals surface area (Å²) in [5, 5.41) is 7.55. The molecule has 4 rings (SSSR count). The van der Waals surface area contributed by atoms with Crippen LogP contribution in [0.15, 0.2) is 28.8 Å². The van der Waals surface area contributed by atoms with Gasteiger partial charge in [0.25, 0.3) is 0 Å². The molecule has 0 radical (unpaired) electrons. The Balaban J connectivity index is 1.43. The summed E-state index contributed by atoms with van der Waals surface area (Å²) >= 11 is 0. The van der Waals surface area contributed by atoms with Gasteiger partial charge in [-0.25, -0.2) is 0 Å². The number of fused-ring (bicyclic) bond motifs is 1. The average Bonchev–Trinajstić information content (AvgIpc) is 3.24. The van der Waals surface area contributed by atoms with E-state index in [2.05, 4.69) is 20.4 Å². The minimum absolute atomic E-state index is 0.638. The monoisotopic (exact) mass is 300 g/mol. The minimum Gasteiger partial charge on any atom is -0.497 e. The van der Waals surface area contributed by atoms with Crippen LogP contribution in [0.2, 0.25) is 0 Å². The van der Waals surface area contributed by atoms with E-state index in [0.29, 0.717) is 11.7 Å². The highest BCUT2D eigenvalue weighted by Gasteiger charge is 2.36. The second kappa shape index (κ2) is 5.70. The number of methoxy groups -OCH3 is 1. The third kappa shape index (κ3) is 2.60. The second-order valence-electron chi connectivity index (χ2n) is 6.11. The maximum absolute atomic E-state index is 5.41. The normalized spacial score (nSPS) is 24.6. The Bertz CT molecular complexity index is 628. The SMILES string of the molecule is COc1ccc(-c2noc(CN3C[C@H]4CNC[C@H]4C3)n2)cc1. The molecule has 0 spiro atoms. The molecule has 6 nitrogen and oxygen atoms in total. The molecule has 1 aromatic carbocycles. The van der Waals surface area contributed by atoms with Crippen LogP contribution < -0.4 is 10.1 Å². The molecule has 2 atom stereocenters. The molecule has 0 unspecified atom stereocenters. The third-order valence-corrected chi connectivity index (χ3v) is 4.64. The van der Waals surface area contributed by atoms with Crippen molar-refractivity contribution in [3.8, 4) is 17.1 Å². The summed E-state index contributed by atoms with van der Waals surface area (Å²) in [6.07, 6.45) is 0. The zero-order valence-corrected chi connectivity index (χ0v) is 12.7. The molecule has 0 aliphatic carbocycles. The average molecular weight is 300 g/mol. The van der Waals surface area contributed by atoms with Crippen LogP contribution in [0.3, 0.4) is 0 Å². The van der Waals surface area contributed by atoms with Gasteiger partial charge in [0.05, 0.1) is 13.7 Å². The van der Waals surface area contributed by atoms with Crippen molar-refractivity contribution in [3.05, 3.63) is 30.2 Å². The molecule has 2 aromatic rings. The lowest BCUT2D eigenvalue weighted by molar-refractivity contribution is 0.253. The molecule has 6 heteroatoms. The van der Waals surface area contributed by atoms with Crippen molar-refractivity contribution in [1.82, 2.24) is 20.4 Å². The van der Waals surface area contributed by atoms with E-state index < -0.39 is 0 Å². The fraction of sp³-hybridized carbons (Fsp3) is 0.500. The zero-order valence-electron chi connectivity index (χ0n) is 12.7. The molecule has 0 bridgehead atoms. The Morgan fingerprint density at radius 2 is 1.95 bits per heavy atom. The quantitative estimate of drug-likeness (QED) is 0.921. The van der Waals surface area contributed by atoms with Crippen molar-refractivity contribution < 1.29 is 9.26 Å². The van der Waals surface area contributed by atoms with Gasteiger partial charge in [0.2, 0.25) is 11.7 Å². The molecule has 1 N–H and O–H groups in total. The van der Waals surface area contributed by atoms with Crippen molar-refractivity contribution in [2.75, 3.05) is 33.3 Å². The molecule has 0 saturated carbocycles. The summed E-state index contributed by atoms with van der Waals surface area (Å²) in [7, 11) is 1.66. The summed E-state index contributed by atoms with van der Waals surface area (Å²) in [4.78, 5) is 6.94. The molecule has 0 amide bonds. The molecule has 3 heterocycles. The molecule has 1 aromatic heterocycles. The van der Waals surface area contributed by atoms with E-state index in [-0.39, 0.29) is 0 Å². The largest absolute Gasteiger partial charge is 0.497 e. The number of benzene rings is 1. The Morgan fingerprint density at radius 1 is 1.23 bits per heavy atom.